The van der Waals surface area contributed by atoms with Crippen molar-refractivity contribution in [3.8, 4) is 11.5 Å². The number of benzene rings is 2. The lowest BCUT2D eigenvalue weighted by Crippen LogP contribution is -2.50. The highest BCUT2D eigenvalue weighted by Gasteiger charge is 2.28. The Kier molecular flexibility index (Phi) is 10.3. The molecule has 0 aromatic heterocycles. The number of hydrogen-bond acceptors (Lipinski definition) is 4. The molecular weight excluding hydrogens is 428 g/mol. The predicted molar refractivity (Wildman–Crippen MR) is 127 cm³/mol. The summed E-state index contributed by atoms with van der Waals surface area (Å²) in [6, 6.07) is 14.1. The topological polar surface area (TPSA) is 67.9 Å². The summed E-state index contributed by atoms with van der Waals surface area (Å²) in [6.45, 7) is 6.49. The summed E-state index contributed by atoms with van der Waals surface area (Å²) in [4.78, 5) is 27.6. The smallest absolute Gasteiger partial charge is 0.243 e. The first-order valence-corrected chi connectivity index (χ1v) is 11.3. The fraction of sp³-hybridized carbons (Fsp3) is 0.440. The van der Waals surface area contributed by atoms with Gasteiger partial charge < -0.3 is 19.7 Å². The first-order valence-electron chi connectivity index (χ1n) is 10.9. The van der Waals surface area contributed by atoms with Crippen molar-refractivity contribution in [2.75, 3.05) is 13.7 Å². The van der Waals surface area contributed by atoms with Gasteiger partial charge in [-0.05, 0) is 68.7 Å². The van der Waals surface area contributed by atoms with Gasteiger partial charge in [0.25, 0.3) is 0 Å². The molecule has 0 saturated carbocycles. The van der Waals surface area contributed by atoms with Crippen LogP contribution in [0.1, 0.15) is 45.6 Å². The minimum absolute atomic E-state index is 0.00210. The Morgan fingerprint density at radius 3 is 2.22 bits per heavy atom. The van der Waals surface area contributed by atoms with Crippen LogP contribution in [-0.4, -0.2) is 42.5 Å². The highest BCUT2D eigenvalue weighted by Crippen LogP contribution is 2.18. The fourth-order valence-corrected chi connectivity index (χ4v) is 3.44. The van der Waals surface area contributed by atoms with Crippen LogP contribution < -0.4 is 14.8 Å². The molecule has 0 heterocycles. The predicted octanol–water partition coefficient (Wildman–Crippen LogP) is 4.84. The van der Waals surface area contributed by atoms with Crippen LogP contribution in [0.15, 0.2) is 48.5 Å². The van der Waals surface area contributed by atoms with E-state index in [1.165, 1.54) is 0 Å². The van der Waals surface area contributed by atoms with Gasteiger partial charge in [0, 0.05) is 24.0 Å². The second kappa shape index (κ2) is 13.0. The lowest BCUT2D eigenvalue weighted by molar-refractivity contribution is -0.141. The van der Waals surface area contributed by atoms with Crippen LogP contribution in [0.3, 0.4) is 0 Å². The second-order valence-electron chi connectivity index (χ2n) is 7.86. The van der Waals surface area contributed by atoms with Gasteiger partial charge in [-0.2, -0.15) is 0 Å². The number of nitrogens with one attached hydrogen (secondary N) is 1. The molecule has 0 aliphatic heterocycles. The zero-order chi connectivity index (χ0) is 23.5. The van der Waals surface area contributed by atoms with Crippen LogP contribution in [0.2, 0.25) is 5.02 Å². The van der Waals surface area contributed by atoms with Crippen molar-refractivity contribution in [1.29, 1.82) is 0 Å². The summed E-state index contributed by atoms with van der Waals surface area (Å²) >= 11 is 5.89. The fourth-order valence-electron chi connectivity index (χ4n) is 3.32. The van der Waals surface area contributed by atoms with E-state index in [4.69, 9.17) is 21.1 Å². The van der Waals surface area contributed by atoms with Crippen molar-refractivity contribution in [1.82, 2.24) is 10.2 Å². The monoisotopic (exact) mass is 460 g/mol. The Bertz CT molecular complexity index is 853. The maximum atomic E-state index is 13.2. The average Bonchev–Trinajstić information content (AvgIpc) is 2.77. The third-order valence-corrected chi connectivity index (χ3v) is 5.20. The van der Waals surface area contributed by atoms with Crippen LogP contribution in [0.4, 0.5) is 0 Å². The van der Waals surface area contributed by atoms with Gasteiger partial charge >= 0.3 is 0 Å². The molecule has 1 N–H and O–H groups in total. The van der Waals surface area contributed by atoms with E-state index in [-0.39, 0.29) is 24.3 Å². The molecule has 1 atom stereocenters. The first kappa shape index (κ1) is 25.5. The van der Waals surface area contributed by atoms with Gasteiger partial charge in [0.05, 0.1) is 13.7 Å². The van der Waals surface area contributed by atoms with Gasteiger partial charge in [-0.15, -0.1) is 0 Å². The Balaban J connectivity index is 2.05. The van der Waals surface area contributed by atoms with Gasteiger partial charge in [-0.1, -0.05) is 30.7 Å². The van der Waals surface area contributed by atoms with E-state index in [0.29, 0.717) is 36.8 Å². The molecule has 0 aliphatic rings. The lowest BCUT2D eigenvalue weighted by Gasteiger charge is -2.31. The number of hydrogen-bond donors (Lipinski definition) is 1. The lowest BCUT2D eigenvalue weighted by atomic mass is 10.1. The maximum Gasteiger partial charge on any atom is 0.243 e. The molecule has 0 saturated heterocycles. The molecule has 0 radical (unpaired) electrons. The molecule has 2 amide bonds. The molecule has 0 fully saturated rings. The number of carbonyl (C=O) groups excluding carboxylic acids is 2. The summed E-state index contributed by atoms with van der Waals surface area (Å²) < 4.78 is 10.9. The Hall–Kier alpha value is -2.73. The van der Waals surface area contributed by atoms with Crippen LogP contribution in [0, 0.1) is 0 Å². The summed E-state index contributed by atoms with van der Waals surface area (Å²) in [6.07, 6.45) is 1.36. The summed E-state index contributed by atoms with van der Waals surface area (Å²) in [7, 11) is 1.61. The maximum absolute atomic E-state index is 13.2. The van der Waals surface area contributed by atoms with Gasteiger partial charge in [0.1, 0.15) is 17.5 Å². The van der Waals surface area contributed by atoms with Crippen molar-refractivity contribution in [2.24, 2.45) is 0 Å². The molecule has 7 heteroatoms. The number of nitrogens with zero attached hydrogens (tertiary/aromatic N) is 1. The highest BCUT2D eigenvalue weighted by atomic mass is 35.5. The zero-order valence-corrected chi connectivity index (χ0v) is 20.0. The van der Waals surface area contributed by atoms with E-state index in [1.54, 1.807) is 36.3 Å². The van der Waals surface area contributed by atoms with Crippen LogP contribution in [0.5, 0.6) is 11.5 Å². The number of halogens is 1. The SMILES string of the molecule is CCC(C(=O)NC(C)C)N(Cc1ccc(OC)cc1)C(=O)CCCOc1ccc(Cl)cc1. The molecule has 2 aromatic rings. The first-order chi connectivity index (χ1) is 15.3. The molecule has 2 aromatic carbocycles. The van der Waals surface area contributed by atoms with Crippen LogP contribution in [0.25, 0.3) is 0 Å². The molecule has 0 bridgehead atoms. The average molecular weight is 461 g/mol. The van der Waals surface area contributed by atoms with Crippen molar-refractivity contribution in [3.05, 3.63) is 59.1 Å². The van der Waals surface area contributed by atoms with Gasteiger partial charge in [0.2, 0.25) is 11.8 Å². The molecule has 0 aliphatic carbocycles. The molecule has 174 valence electrons. The largest absolute Gasteiger partial charge is 0.497 e. The van der Waals surface area contributed by atoms with Crippen molar-refractivity contribution >= 4 is 23.4 Å². The number of methoxy groups -OCH3 is 1. The zero-order valence-electron chi connectivity index (χ0n) is 19.3. The number of carbonyl (C=O) groups is 2. The van der Waals surface area contributed by atoms with E-state index in [2.05, 4.69) is 5.32 Å². The Morgan fingerprint density at radius 2 is 1.66 bits per heavy atom. The van der Waals surface area contributed by atoms with Crippen LogP contribution >= 0.6 is 11.6 Å². The molecule has 1 unspecified atom stereocenters. The summed E-state index contributed by atoms with van der Waals surface area (Å²) in [5.41, 5.74) is 0.937. The normalized spacial score (nSPS) is 11.7. The second-order valence-corrected chi connectivity index (χ2v) is 8.30. The van der Waals surface area contributed by atoms with Gasteiger partial charge in [0.15, 0.2) is 0 Å². The van der Waals surface area contributed by atoms with E-state index in [9.17, 15) is 9.59 Å². The van der Waals surface area contributed by atoms with E-state index in [0.717, 1.165) is 11.3 Å². The standard InChI is InChI=1S/C25H33ClN2O4/c1-5-23(25(30)27-18(2)3)28(17-19-8-12-21(31-4)13-9-19)24(29)7-6-16-32-22-14-10-20(26)11-15-22/h8-15,18,23H,5-7,16-17H2,1-4H3,(H,27,30). The van der Waals surface area contributed by atoms with E-state index in [1.807, 2.05) is 45.0 Å². The number of rotatable bonds is 12. The number of ether oxygens (including phenoxy) is 2. The van der Waals surface area contributed by atoms with Crippen molar-refractivity contribution < 1.29 is 19.1 Å². The molecule has 2 rings (SSSR count). The quantitative estimate of drug-likeness (QED) is 0.460. The Labute approximate surface area is 195 Å². The van der Waals surface area contributed by atoms with Gasteiger partial charge in [-0.3, -0.25) is 9.59 Å². The van der Waals surface area contributed by atoms with Crippen molar-refractivity contribution in [2.45, 2.75) is 58.7 Å². The van der Waals surface area contributed by atoms with Gasteiger partial charge in [-0.25, -0.2) is 0 Å². The van der Waals surface area contributed by atoms with Crippen molar-refractivity contribution in [3.63, 3.8) is 0 Å². The molecule has 0 spiro atoms. The minimum Gasteiger partial charge on any atom is -0.497 e. The molecule has 6 nitrogen and oxygen atoms in total. The highest BCUT2D eigenvalue weighted by molar-refractivity contribution is 6.30. The third-order valence-electron chi connectivity index (χ3n) is 4.95. The number of amides is 2. The molecular formula is C25H33ClN2O4. The van der Waals surface area contributed by atoms with E-state index < -0.39 is 6.04 Å². The summed E-state index contributed by atoms with van der Waals surface area (Å²) in [5, 5.41) is 3.58. The van der Waals surface area contributed by atoms with E-state index >= 15 is 0 Å². The van der Waals surface area contributed by atoms with Crippen LogP contribution in [-0.2, 0) is 16.1 Å². The molecule has 32 heavy (non-hydrogen) atoms. The third kappa shape index (κ3) is 8.08. The summed E-state index contributed by atoms with van der Waals surface area (Å²) in [5.74, 6) is 1.24. The minimum atomic E-state index is -0.538. The Morgan fingerprint density at radius 1 is 1.03 bits per heavy atom.